The molecule has 17 heteroatoms. The number of ether oxygens (including phenoxy) is 3. The fourth-order valence-corrected chi connectivity index (χ4v) is 5.74. The number of esters is 1. The van der Waals surface area contributed by atoms with Crippen molar-refractivity contribution in [2.24, 2.45) is 22.6 Å². The van der Waals surface area contributed by atoms with E-state index in [2.05, 4.69) is 25.9 Å². The highest BCUT2D eigenvalue weighted by Gasteiger charge is 2.37. The van der Waals surface area contributed by atoms with Gasteiger partial charge in [-0.3, -0.25) is 29.2 Å². The maximum Gasteiger partial charge on any atom is 0.309 e. The molecule has 2 aromatic heterocycles. The number of aromatic nitrogens is 4. The van der Waals surface area contributed by atoms with Crippen LogP contribution in [0.3, 0.4) is 0 Å². The van der Waals surface area contributed by atoms with Crippen molar-refractivity contribution in [2.45, 2.75) is 52.8 Å². The highest BCUT2D eigenvalue weighted by atomic mass is 16.5. The van der Waals surface area contributed by atoms with Crippen molar-refractivity contribution in [2.75, 3.05) is 30.9 Å². The fraction of sp³-hybridized carbons (Fsp3) is 0.353. The van der Waals surface area contributed by atoms with E-state index in [1.54, 1.807) is 41.3 Å². The molecule has 5 rings (SSSR count). The highest BCUT2D eigenvalue weighted by Crippen LogP contribution is 2.40. The zero-order chi connectivity index (χ0) is 36.8. The summed E-state index contributed by atoms with van der Waals surface area (Å²) in [4.78, 5) is 65.9. The van der Waals surface area contributed by atoms with E-state index in [0.29, 0.717) is 47.6 Å². The lowest BCUT2D eigenvalue weighted by Crippen LogP contribution is -2.39. The molecule has 2 aromatic carbocycles. The second-order valence-corrected chi connectivity index (χ2v) is 11.7. The number of nitrogens with two attached hydrogens (primary N) is 2. The number of allylic oxidation sites excluding steroid dienone is 1. The van der Waals surface area contributed by atoms with E-state index >= 15 is 0 Å². The van der Waals surface area contributed by atoms with Gasteiger partial charge in [-0.05, 0) is 69.1 Å². The number of primary amides is 2. The van der Waals surface area contributed by atoms with Crippen molar-refractivity contribution < 1.29 is 33.4 Å². The van der Waals surface area contributed by atoms with Gasteiger partial charge >= 0.3 is 5.97 Å². The molecule has 0 atom stereocenters. The first-order valence-electron chi connectivity index (χ1n) is 16.2. The Morgan fingerprint density at radius 2 is 1.73 bits per heavy atom. The number of carbonyl (C=O) groups excluding carboxylic acids is 4. The molecule has 6 N–H and O–H groups in total. The number of anilines is 2. The minimum Gasteiger partial charge on any atom is -0.494 e. The van der Waals surface area contributed by atoms with E-state index < -0.39 is 17.7 Å². The molecule has 17 nitrogen and oxygen atoms in total. The van der Waals surface area contributed by atoms with Gasteiger partial charge in [-0.15, -0.1) is 4.91 Å². The third kappa shape index (κ3) is 7.82. The summed E-state index contributed by atoms with van der Waals surface area (Å²) in [7, 11) is 1.44. The second kappa shape index (κ2) is 15.5. The van der Waals surface area contributed by atoms with E-state index in [1.165, 1.54) is 31.4 Å². The number of nitroso groups, excluding NO2 is 1. The number of rotatable bonds is 16. The summed E-state index contributed by atoms with van der Waals surface area (Å²) in [6.45, 7) is 6.52. The summed E-state index contributed by atoms with van der Waals surface area (Å²) in [5.41, 5.74) is 13.3. The molecular formula is C34H39N9O8. The van der Waals surface area contributed by atoms with Gasteiger partial charge in [0.05, 0.1) is 30.8 Å². The Bertz CT molecular complexity index is 2030. The first-order valence-corrected chi connectivity index (χ1v) is 16.2. The fourth-order valence-electron chi connectivity index (χ4n) is 5.74. The molecule has 3 amide bonds. The lowest BCUT2D eigenvalue weighted by Gasteiger charge is -2.34. The molecule has 1 saturated carbocycles. The van der Waals surface area contributed by atoms with Crippen molar-refractivity contribution in [1.29, 1.82) is 0 Å². The molecule has 0 aliphatic heterocycles. The minimum absolute atomic E-state index is 0.0362. The average molecular weight is 702 g/mol. The quantitative estimate of drug-likeness (QED) is 0.0744. The predicted octanol–water partition coefficient (Wildman–Crippen LogP) is 3.81. The molecule has 1 aliphatic carbocycles. The molecule has 0 saturated heterocycles. The van der Waals surface area contributed by atoms with Crippen LogP contribution in [0, 0.1) is 17.7 Å². The van der Waals surface area contributed by atoms with Crippen LogP contribution in [-0.2, 0) is 22.6 Å². The summed E-state index contributed by atoms with van der Waals surface area (Å²) in [6.07, 6.45) is 4.01. The number of nitrogens with one attached hydrogen (secondary N) is 2. The van der Waals surface area contributed by atoms with Gasteiger partial charge in [0, 0.05) is 30.8 Å². The Morgan fingerprint density at radius 1 is 1.02 bits per heavy atom. The van der Waals surface area contributed by atoms with Crippen LogP contribution < -0.4 is 31.6 Å². The van der Waals surface area contributed by atoms with E-state index in [9.17, 15) is 24.1 Å². The second-order valence-electron chi connectivity index (χ2n) is 11.7. The summed E-state index contributed by atoms with van der Waals surface area (Å²) in [6, 6.07) is 7.37. The largest absolute Gasteiger partial charge is 0.494 e. The first kappa shape index (κ1) is 36.0. The summed E-state index contributed by atoms with van der Waals surface area (Å²) < 4.78 is 20.0. The number of methoxy groups -OCH3 is 1. The van der Waals surface area contributed by atoms with Gasteiger partial charge in [0.2, 0.25) is 17.8 Å². The van der Waals surface area contributed by atoms with Crippen LogP contribution in [0.5, 0.6) is 11.5 Å². The molecule has 0 unspecified atom stereocenters. The van der Waals surface area contributed by atoms with E-state index in [0.717, 1.165) is 0 Å². The van der Waals surface area contributed by atoms with Crippen LogP contribution >= 0.6 is 0 Å². The maximum atomic E-state index is 13.4. The maximum absolute atomic E-state index is 13.4. The van der Waals surface area contributed by atoms with Crippen LogP contribution in [0.1, 0.15) is 63.6 Å². The van der Waals surface area contributed by atoms with Crippen molar-refractivity contribution in [1.82, 2.24) is 19.3 Å². The summed E-state index contributed by atoms with van der Waals surface area (Å²) in [5.74, 6) is -1.80. The lowest BCUT2D eigenvalue weighted by molar-refractivity contribution is -0.154. The van der Waals surface area contributed by atoms with E-state index in [4.69, 9.17) is 25.7 Å². The van der Waals surface area contributed by atoms with Crippen LogP contribution in [0.25, 0.3) is 11.0 Å². The minimum atomic E-state index is -0.766. The van der Waals surface area contributed by atoms with Gasteiger partial charge in [-0.25, -0.2) is 4.98 Å². The van der Waals surface area contributed by atoms with Crippen LogP contribution in [0.2, 0.25) is 0 Å². The van der Waals surface area contributed by atoms with Crippen molar-refractivity contribution >= 4 is 52.0 Å². The summed E-state index contributed by atoms with van der Waals surface area (Å²) in [5, 5.41) is 13.4. The SMILES string of the molecule is CCOC(=O)C1CC(Oc2cc(C(N)=O)cc(N=O)c2NC/C=C/Cn2c(NC(=O)c3cc(C)nn3CC)nc3cc(C(N)=O)cc(OC)c32)C1. The highest BCUT2D eigenvalue weighted by molar-refractivity contribution is 6.04. The van der Waals surface area contributed by atoms with Gasteiger partial charge in [-0.2, -0.15) is 5.10 Å². The van der Waals surface area contributed by atoms with Crippen molar-refractivity contribution in [3.8, 4) is 11.5 Å². The number of aryl methyl sites for hydroxylation is 2. The van der Waals surface area contributed by atoms with E-state index in [-0.39, 0.29) is 71.9 Å². The third-order valence-electron chi connectivity index (χ3n) is 8.29. The zero-order valence-corrected chi connectivity index (χ0v) is 28.6. The zero-order valence-electron chi connectivity index (χ0n) is 28.6. The molecule has 4 aromatic rings. The van der Waals surface area contributed by atoms with Gasteiger partial charge < -0.3 is 35.6 Å². The number of nitrogens with zero attached hydrogens (tertiary/aromatic N) is 5. The first-order chi connectivity index (χ1) is 24.5. The average Bonchev–Trinajstić information content (AvgIpc) is 3.64. The predicted molar refractivity (Wildman–Crippen MR) is 187 cm³/mol. The molecule has 1 fully saturated rings. The number of imidazole rings is 1. The topological polar surface area (TPSA) is 237 Å². The number of carbonyl (C=O) groups is 4. The lowest BCUT2D eigenvalue weighted by atomic mass is 9.82. The van der Waals surface area contributed by atoms with Gasteiger partial charge in [0.25, 0.3) is 5.91 Å². The number of fused-ring (bicyclic) bond motifs is 1. The Hall–Kier alpha value is -6.26. The Kier molecular flexibility index (Phi) is 11.0. The molecule has 51 heavy (non-hydrogen) atoms. The Morgan fingerprint density at radius 3 is 2.37 bits per heavy atom. The van der Waals surface area contributed by atoms with Crippen molar-refractivity contribution in [3.63, 3.8) is 0 Å². The molecule has 1 aliphatic rings. The standard InChI is InChI=1S/C34H39N9O8/c1-5-43-25(11-18(3)40-43)32(46)39-34-38-24-15-20(31(36)45)17-27(49-4)29(24)42(34)10-8-7-9-37-28-23(41-48)14-19(30(35)44)16-26(28)51-22-12-21(13-22)33(47)50-6-2/h7-8,11,14-17,21-22,37H,5-6,9-10,12-13H2,1-4H3,(H2,35,44)(H2,36,45)(H,38,39,46)/b8-7+. The smallest absolute Gasteiger partial charge is 0.309 e. The molecule has 0 spiro atoms. The molecule has 2 heterocycles. The molecule has 268 valence electrons. The third-order valence-corrected chi connectivity index (χ3v) is 8.29. The molecule has 0 radical (unpaired) electrons. The van der Waals surface area contributed by atoms with E-state index in [1.807, 2.05) is 6.92 Å². The van der Waals surface area contributed by atoms with Gasteiger partial charge in [0.1, 0.15) is 40.2 Å². The molecular weight excluding hydrogens is 662 g/mol. The normalized spacial score (nSPS) is 15.3. The number of benzene rings is 2. The van der Waals surface area contributed by atoms with Crippen LogP contribution in [0.4, 0.5) is 17.3 Å². The van der Waals surface area contributed by atoms with Crippen LogP contribution in [-0.4, -0.2) is 69.4 Å². The monoisotopic (exact) mass is 701 g/mol. The molecule has 0 bridgehead atoms. The van der Waals surface area contributed by atoms with Gasteiger partial charge in [-0.1, -0.05) is 12.2 Å². The number of hydrogen-bond donors (Lipinski definition) is 4. The Balaban J connectivity index is 1.39. The number of hydrogen-bond acceptors (Lipinski definition) is 12. The Labute approximate surface area is 292 Å². The van der Waals surface area contributed by atoms with Crippen molar-refractivity contribution in [3.05, 3.63) is 69.9 Å². The van der Waals surface area contributed by atoms with Gasteiger partial charge in [0.15, 0.2) is 0 Å². The van der Waals surface area contributed by atoms with Crippen LogP contribution in [0.15, 0.2) is 47.7 Å². The number of amides is 3. The summed E-state index contributed by atoms with van der Waals surface area (Å²) >= 11 is 0.